The Kier molecular flexibility index (Phi) is 5.97. The molecule has 0 aliphatic carbocycles. The van der Waals surface area contributed by atoms with E-state index in [0.29, 0.717) is 35.8 Å². The van der Waals surface area contributed by atoms with Crippen LogP contribution < -0.4 is 20.2 Å². The second kappa shape index (κ2) is 9.26. The first-order valence-electron chi connectivity index (χ1n) is 11.1. The van der Waals surface area contributed by atoms with Gasteiger partial charge in [-0.3, -0.25) is 14.4 Å². The molecule has 0 bridgehead atoms. The Labute approximate surface area is 203 Å². The molecule has 1 aliphatic rings. The Morgan fingerprint density at radius 1 is 0.944 bits per heavy atom. The zero-order chi connectivity index (χ0) is 25.4. The number of halogens is 2. The fourth-order valence-corrected chi connectivity index (χ4v) is 4.01. The predicted molar refractivity (Wildman–Crippen MR) is 129 cm³/mol. The average Bonchev–Trinajstić information content (AvgIpc) is 2.87. The molecule has 7 nitrogen and oxygen atoms in total. The Morgan fingerprint density at radius 2 is 1.64 bits per heavy atom. The number of anilines is 1. The van der Waals surface area contributed by atoms with Crippen molar-refractivity contribution in [3.63, 3.8) is 0 Å². The maximum atomic E-state index is 13.6. The van der Waals surface area contributed by atoms with Crippen LogP contribution in [0.5, 0.6) is 11.5 Å². The summed E-state index contributed by atoms with van der Waals surface area (Å²) in [4.78, 5) is 39.5. The van der Waals surface area contributed by atoms with Gasteiger partial charge in [-0.2, -0.15) is 0 Å². The third-order valence-electron chi connectivity index (χ3n) is 5.82. The Morgan fingerprint density at radius 3 is 2.33 bits per heavy atom. The summed E-state index contributed by atoms with van der Waals surface area (Å²) in [5, 5.41) is 2.68. The molecule has 0 saturated carbocycles. The van der Waals surface area contributed by atoms with Crippen molar-refractivity contribution in [2.75, 3.05) is 18.5 Å². The number of aromatic nitrogens is 1. The fourth-order valence-electron chi connectivity index (χ4n) is 4.01. The number of carbonyl (C=O) groups excluding carboxylic acids is 2. The second-order valence-corrected chi connectivity index (χ2v) is 8.39. The number of benzene rings is 3. The summed E-state index contributed by atoms with van der Waals surface area (Å²) < 4.78 is 39.5. The first-order chi connectivity index (χ1) is 17.3. The van der Waals surface area contributed by atoms with Gasteiger partial charge in [0.1, 0.15) is 19.8 Å². The van der Waals surface area contributed by atoms with Crippen molar-refractivity contribution in [1.29, 1.82) is 0 Å². The summed E-state index contributed by atoms with van der Waals surface area (Å²) >= 11 is 0. The minimum Gasteiger partial charge on any atom is -0.486 e. The van der Waals surface area contributed by atoms with Gasteiger partial charge in [0.15, 0.2) is 28.9 Å². The van der Waals surface area contributed by atoms with Gasteiger partial charge in [0, 0.05) is 29.6 Å². The van der Waals surface area contributed by atoms with Crippen LogP contribution in [-0.4, -0.2) is 29.5 Å². The van der Waals surface area contributed by atoms with E-state index in [4.69, 9.17) is 9.47 Å². The SMILES string of the molecule is Cc1ccc(C(=O)c2cn(CC(=O)Nc3ccc(F)c(F)c3)c3cc4c(cc3c2=O)OCCO4)cc1. The highest BCUT2D eigenvalue weighted by molar-refractivity contribution is 6.10. The highest BCUT2D eigenvalue weighted by Gasteiger charge is 2.22. The molecule has 36 heavy (non-hydrogen) atoms. The smallest absolute Gasteiger partial charge is 0.244 e. The number of amides is 1. The number of fused-ring (bicyclic) bond motifs is 2. The lowest BCUT2D eigenvalue weighted by atomic mass is 10.0. The number of aryl methyl sites for hydroxylation is 1. The van der Waals surface area contributed by atoms with E-state index < -0.39 is 28.8 Å². The van der Waals surface area contributed by atoms with Crippen molar-refractivity contribution < 1.29 is 27.8 Å². The standard InChI is InChI=1S/C27H20F2N2O5/c1-15-2-4-16(5-3-15)26(33)19-13-31(14-25(32)30-17-6-7-20(28)21(29)10-17)22-12-24-23(35-8-9-36-24)11-18(22)27(19)34/h2-7,10-13H,8-9,14H2,1H3,(H,30,32). The molecule has 0 fully saturated rings. The zero-order valence-corrected chi connectivity index (χ0v) is 19.1. The number of carbonyl (C=O) groups is 2. The molecule has 1 aromatic heterocycles. The summed E-state index contributed by atoms with van der Waals surface area (Å²) in [6, 6.07) is 12.9. The lowest BCUT2D eigenvalue weighted by Crippen LogP contribution is -2.25. The minimum atomic E-state index is -1.10. The van der Waals surface area contributed by atoms with Gasteiger partial charge < -0.3 is 19.4 Å². The lowest BCUT2D eigenvalue weighted by molar-refractivity contribution is -0.116. The number of pyridine rings is 1. The highest BCUT2D eigenvalue weighted by atomic mass is 19.2. The molecule has 4 aromatic rings. The first-order valence-corrected chi connectivity index (χ1v) is 11.1. The molecule has 182 valence electrons. The van der Waals surface area contributed by atoms with E-state index in [1.54, 1.807) is 30.3 Å². The Hall–Kier alpha value is -4.53. The fraction of sp³-hybridized carbons (Fsp3) is 0.148. The summed E-state index contributed by atoms with van der Waals surface area (Å²) in [5.41, 5.74) is 1.07. The minimum absolute atomic E-state index is 0.0642. The van der Waals surface area contributed by atoms with E-state index in [1.165, 1.54) is 22.9 Å². The maximum Gasteiger partial charge on any atom is 0.244 e. The molecule has 0 unspecified atom stereocenters. The van der Waals surface area contributed by atoms with E-state index >= 15 is 0 Å². The first kappa shape index (κ1) is 23.2. The van der Waals surface area contributed by atoms with E-state index in [9.17, 15) is 23.2 Å². The van der Waals surface area contributed by atoms with E-state index in [1.807, 2.05) is 6.92 Å². The molecular formula is C27H20F2N2O5. The number of hydrogen-bond donors (Lipinski definition) is 1. The molecule has 1 amide bonds. The summed E-state index contributed by atoms with van der Waals surface area (Å²) in [5.74, 6) is -2.44. The van der Waals surface area contributed by atoms with Crippen LogP contribution in [0, 0.1) is 18.6 Å². The highest BCUT2D eigenvalue weighted by Crippen LogP contribution is 2.34. The van der Waals surface area contributed by atoms with Crippen molar-refractivity contribution in [1.82, 2.24) is 4.57 Å². The zero-order valence-electron chi connectivity index (χ0n) is 19.1. The normalized spacial score (nSPS) is 12.4. The quantitative estimate of drug-likeness (QED) is 0.423. The van der Waals surface area contributed by atoms with Gasteiger partial charge >= 0.3 is 0 Å². The van der Waals surface area contributed by atoms with Crippen molar-refractivity contribution in [3.8, 4) is 11.5 Å². The van der Waals surface area contributed by atoms with Crippen LogP contribution in [0.3, 0.4) is 0 Å². The lowest BCUT2D eigenvalue weighted by Gasteiger charge is -2.20. The largest absolute Gasteiger partial charge is 0.486 e. The van der Waals surface area contributed by atoms with Crippen LogP contribution in [0.25, 0.3) is 10.9 Å². The van der Waals surface area contributed by atoms with Crippen molar-refractivity contribution in [2.24, 2.45) is 0 Å². The summed E-state index contributed by atoms with van der Waals surface area (Å²) in [6.07, 6.45) is 1.33. The van der Waals surface area contributed by atoms with Crippen LogP contribution in [0.4, 0.5) is 14.5 Å². The molecule has 9 heteroatoms. The number of nitrogens with one attached hydrogen (secondary N) is 1. The van der Waals surface area contributed by atoms with Crippen molar-refractivity contribution in [2.45, 2.75) is 13.5 Å². The van der Waals surface area contributed by atoms with Gasteiger partial charge in [0.25, 0.3) is 0 Å². The maximum absolute atomic E-state index is 13.6. The molecule has 5 rings (SSSR count). The average molecular weight is 490 g/mol. The number of hydrogen-bond acceptors (Lipinski definition) is 5. The topological polar surface area (TPSA) is 86.6 Å². The van der Waals surface area contributed by atoms with Crippen LogP contribution >= 0.6 is 0 Å². The predicted octanol–water partition coefficient (Wildman–Crippen LogP) is 4.23. The molecule has 0 atom stereocenters. The molecule has 0 radical (unpaired) electrons. The van der Waals surface area contributed by atoms with Crippen molar-refractivity contribution >= 4 is 28.3 Å². The van der Waals surface area contributed by atoms with Gasteiger partial charge in [-0.05, 0) is 25.1 Å². The van der Waals surface area contributed by atoms with E-state index in [2.05, 4.69) is 5.32 Å². The number of ether oxygens (including phenoxy) is 2. The monoisotopic (exact) mass is 490 g/mol. The Balaban J connectivity index is 1.59. The third-order valence-corrected chi connectivity index (χ3v) is 5.82. The molecule has 1 N–H and O–H groups in total. The molecule has 2 heterocycles. The van der Waals surface area contributed by atoms with Gasteiger partial charge in [0.2, 0.25) is 11.3 Å². The molecule has 3 aromatic carbocycles. The molecule has 0 spiro atoms. The molecule has 0 saturated heterocycles. The van der Waals surface area contributed by atoms with Crippen LogP contribution in [0.15, 0.2) is 65.6 Å². The third kappa shape index (κ3) is 4.43. The molecule has 1 aliphatic heterocycles. The van der Waals surface area contributed by atoms with Crippen LogP contribution in [0.1, 0.15) is 21.5 Å². The van der Waals surface area contributed by atoms with Crippen LogP contribution in [0.2, 0.25) is 0 Å². The number of rotatable bonds is 5. The summed E-state index contributed by atoms with van der Waals surface area (Å²) in [7, 11) is 0. The summed E-state index contributed by atoms with van der Waals surface area (Å²) in [6.45, 7) is 2.20. The Bertz CT molecular complexity index is 1580. The second-order valence-electron chi connectivity index (χ2n) is 8.39. The van der Waals surface area contributed by atoms with Gasteiger partial charge in [-0.1, -0.05) is 29.8 Å². The van der Waals surface area contributed by atoms with Gasteiger partial charge in [-0.25, -0.2) is 8.78 Å². The van der Waals surface area contributed by atoms with Crippen molar-refractivity contribution in [3.05, 3.63) is 99.3 Å². The number of ketones is 1. The van der Waals surface area contributed by atoms with Crippen LogP contribution in [-0.2, 0) is 11.3 Å². The van der Waals surface area contributed by atoms with Gasteiger partial charge in [0.05, 0.1) is 16.5 Å². The van der Waals surface area contributed by atoms with E-state index in [-0.39, 0.29) is 23.2 Å². The van der Waals surface area contributed by atoms with Gasteiger partial charge in [-0.15, -0.1) is 0 Å². The molecular weight excluding hydrogens is 470 g/mol. The van der Waals surface area contributed by atoms with E-state index in [0.717, 1.165) is 17.7 Å². The number of nitrogens with zero attached hydrogens (tertiary/aromatic N) is 1.